The lowest BCUT2D eigenvalue weighted by Crippen LogP contribution is -2.13. The number of ether oxygens (including phenoxy) is 3. The molecule has 1 amide bonds. The van der Waals surface area contributed by atoms with Crippen molar-refractivity contribution < 1.29 is 23.9 Å². The molecular formula is C16H16N2O6. The smallest absolute Gasteiger partial charge is 0.271 e. The lowest BCUT2D eigenvalue weighted by Gasteiger charge is -2.12. The molecule has 126 valence electrons. The van der Waals surface area contributed by atoms with E-state index in [0.29, 0.717) is 22.8 Å². The van der Waals surface area contributed by atoms with Crippen LogP contribution in [0.1, 0.15) is 10.4 Å². The van der Waals surface area contributed by atoms with Crippen LogP contribution < -0.4 is 19.5 Å². The quantitative estimate of drug-likeness (QED) is 0.645. The maximum atomic E-state index is 12.4. The van der Waals surface area contributed by atoms with Gasteiger partial charge in [-0.15, -0.1) is 0 Å². The number of anilines is 1. The first-order valence-electron chi connectivity index (χ1n) is 6.86. The third-order valence-corrected chi connectivity index (χ3v) is 3.29. The molecule has 0 aliphatic heterocycles. The van der Waals surface area contributed by atoms with Gasteiger partial charge in [-0.1, -0.05) is 0 Å². The van der Waals surface area contributed by atoms with E-state index in [0.717, 1.165) is 0 Å². The van der Waals surface area contributed by atoms with E-state index in [4.69, 9.17) is 14.2 Å². The van der Waals surface area contributed by atoms with Gasteiger partial charge in [-0.25, -0.2) is 0 Å². The summed E-state index contributed by atoms with van der Waals surface area (Å²) in [4.78, 5) is 22.7. The van der Waals surface area contributed by atoms with Crippen molar-refractivity contribution in [1.29, 1.82) is 0 Å². The second kappa shape index (κ2) is 7.32. The van der Waals surface area contributed by atoms with Crippen molar-refractivity contribution in [3.05, 3.63) is 52.1 Å². The molecular weight excluding hydrogens is 316 g/mol. The first-order chi connectivity index (χ1) is 11.5. The number of amides is 1. The van der Waals surface area contributed by atoms with Crippen molar-refractivity contribution in [3.8, 4) is 17.2 Å². The molecule has 0 saturated heterocycles. The number of methoxy groups -OCH3 is 3. The average molecular weight is 332 g/mol. The highest BCUT2D eigenvalue weighted by molar-refractivity contribution is 6.05. The molecule has 8 nitrogen and oxygen atoms in total. The summed E-state index contributed by atoms with van der Waals surface area (Å²) >= 11 is 0. The molecule has 0 heterocycles. The summed E-state index contributed by atoms with van der Waals surface area (Å²) in [5, 5.41) is 13.5. The number of hydrogen-bond donors (Lipinski definition) is 1. The largest absolute Gasteiger partial charge is 0.495 e. The SMILES string of the molecule is COc1ccc([N+](=O)[O-])cc1NC(=O)c1ccc(OC)c(OC)c1. The number of non-ortho nitro benzene ring substituents is 1. The van der Waals surface area contributed by atoms with Crippen molar-refractivity contribution in [1.82, 2.24) is 0 Å². The van der Waals surface area contributed by atoms with Gasteiger partial charge in [0, 0.05) is 17.7 Å². The molecule has 2 aromatic carbocycles. The predicted octanol–water partition coefficient (Wildman–Crippen LogP) is 2.87. The minimum Gasteiger partial charge on any atom is -0.495 e. The summed E-state index contributed by atoms with van der Waals surface area (Å²) in [6.45, 7) is 0. The maximum Gasteiger partial charge on any atom is 0.271 e. The summed E-state index contributed by atoms with van der Waals surface area (Å²) < 4.78 is 15.4. The molecule has 0 aliphatic carbocycles. The van der Waals surface area contributed by atoms with Gasteiger partial charge in [-0.3, -0.25) is 14.9 Å². The Morgan fingerprint density at radius 2 is 1.58 bits per heavy atom. The third kappa shape index (κ3) is 3.54. The topological polar surface area (TPSA) is 99.9 Å². The molecule has 0 aromatic heterocycles. The van der Waals surface area contributed by atoms with Gasteiger partial charge in [0.2, 0.25) is 0 Å². The normalized spacial score (nSPS) is 9.96. The van der Waals surface area contributed by atoms with E-state index < -0.39 is 10.8 Å². The fourth-order valence-corrected chi connectivity index (χ4v) is 2.08. The molecule has 0 atom stereocenters. The van der Waals surface area contributed by atoms with E-state index >= 15 is 0 Å². The van der Waals surface area contributed by atoms with Crippen LogP contribution in [0.4, 0.5) is 11.4 Å². The van der Waals surface area contributed by atoms with Crippen molar-refractivity contribution in [2.75, 3.05) is 26.6 Å². The van der Waals surface area contributed by atoms with Gasteiger partial charge in [0.25, 0.3) is 11.6 Å². The summed E-state index contributed by atoms with van der Waals surface area (Å²) in [5.74, 6) is 0.738. The number of nitrogens with zero attached hydrogens (tertiary/aromatic N) is 1. The third-order valence-electron chi connectivity index (χ3n) is 3.29. The minimum absolute atomic E-state index is 0.154. The standard InChI is InChI=1S/C16H16N2O6/c1-22-13-7-5-11(18(20)21)9-12(13)17-16(19)10-4-6-14(23-2)15(8-10)24-3/h4-9H,1-3H3,(H,17,19). The first-order valence-corrected chi connectivity index (χ1v) is 6.86. The van der Waals surface area contributed by atoms with Gasteiger partial charge >= 0.3 is 0 Å². The summed E-state index contributed by atoms with van der Waals surface area (Å²) in [5.41, 5.74) is 0.353. The minimum atomic E-state index is -0.550. The Morgan fingerprint density at radius 1 is 0.958 bits per heavy atom. The van der Waals surface area contributed by atoms with Crippen molar-refractivity contribution >= 4 is 17.3 Å². The van der Waals surface area contributed by atoms with E-state index in [1.165, 1.54) is 45.6 Å². The number of carbonyl (C=O) groups is 1. The number of rotatable bonds is 6. The number of nitro groups is 1. The average Bonchev–Trinajstić information content (AvgIpc) is 2.60. The van der Waals surface area contributed by atoms with E-state index in [1.807, 2.05) is 0 Å². The summed E-state index contributed by atoms with van der Waals surface area (Å²) in [6.07, 6.45) is 0. The van der Waals surface area contributed by atoms with Crippen LogP contribution in [0, 0.1) is 10.1 Å². The van der Waals surface area contributed by atoms with Crippen molar-refractivity contribution in [2.24, 2.45) is 0 Å². The van der Waals surface area contributed by atoms with E-state index in [-0.39, 0.29) is 11.4 Å². The summed E-state index contributed by atoms with van der Waals surface area (Å²) in [6, 6.07) is 8.61. The monoisotopic (exact) mass is 332 g/mol. The predicted molar refractivity (Wildman–Crippen MR) is 87.1 cm³/mol. The Labute approximate surface area is 138 Å². The molecule has 0 fully saturated rings. The summed E-state index contributed by atoms with van der Waals surface area (Å²) in [7, 11) is 4.36. The van der Waals surface area contributed by atoms with Crippen LogP contribution in [-0.2, 0) is 0 Å². The van der Waals surface area contributed by atoms with Crippen LogP contribution >= 0.6 is 0 Å². The zero-order chi connectivity index (χ0) is 17.7. The Morgan fingerprint density at radius 3 is 2.17 bits per heavy atom. The fraction of sp³-hybridized carbons (Fsp3) is 0.188. The highest BCUT2D eigenvalue weighted by Gasteiger charge is 2.16. The Balaban J connectivity index is 2.32. The van der Waals surface area contributed by atoms with Gasteiger partial charge in [-0.2, -0.15) is 0 Å². The van der Waals surface area contributed by atoms with Crippen LogP contribution in [0.25, 0.3) is 0 Å². The number of nitrogens with one attached hydrogen (secondary N) is 1. The van der Waals surface area contributed by atoms with Crippen molar-refractivity contribution in [3.63, 3.8) is 0 Å². The Bertz CT molecular complexity index is 775. The van der Waals surface area contributed by atoms with Gasteiger partial charge in [0.1, 0.15) is 5.75 Å². The van der Waals surface area contributed by atoms with Gasteiger partial charge < -0.3 is 19.5 Å². The highest BCUT2D eigenvalue weighted by Crippen LogP contribution is 2.31. The molecule has 2 rings (SSSR count). The molecule has 2 aromatic rings. The molecule has 1 N–H and O–H groups in total. The van der Waals surface area contributed by atoms with Crippen LogP contribution in [-0.4, -0.2) is 32.2 Å². The van der Waals surface area contributed by atoms with Crippen LogP contribution in [0.2, 0.25) is 0 Å². The zero-order valence-corrected chi connectivity index (χ0v) is 13.4. The van der Waals surface area contributed by atoms with Gasteiger partial charge in [-0.05, 0) is 24.3 Å². The molecule has 0 unspecified atom stereocenters. The van der Waals surface area contributed by atoms with E-state index in [2.05, 4.69) is 5.32 Å². The fourth-order valence-electron chi connectivity index (χ4n) is 2.08. The molecule has 0 saturated carbocycles. The first kappa shape index (κ1) is 17.1. The highest BCUT2D eigenvalue weighted by atomic mass is 16.6. The van der Waals surface area contributed by atoms with E-state index in [9.17, 15) is 14.9 Å². The van der Waals surface area contributed by atoms with E-state index in [1.54, 1.807) is 12.1 Å². The second-order valence-electron chi connectivity index (χ2n) is 4.67. The molecule has 24 heavy (non-hydrogen) atoms. The lowest BCUT2D eigenvalue weighted by atomic mass is 10.1. The maximum absolute atomic E-state index is 12.4. The molecule has 0 aliphatic rings. The van der Waals surface area contributed by atoms with Crippen LogP contribution in [0.15, 0.2) is 36.4 Å². The van der Waals surface area contributed by atoms with Crippen LogP contribution in [0.3, 0.4) is 0 Å². The van der Waals surface area contributed by atoms with Crippen molar-refractivity contribution in [2.45, 2.75) is 0 Å². The molecule has 0 radical (unpaired) electrons. The number of benzene rings is 2. The Hall–Kier alpha value is -3.29. The number of nitro benzene ring substituents is 1. The second-order valence-corrected chi connectivity index (χ2v) is 4.67. The molecule has 0 bridgehead atoms. The Kier molecular flexibility index (Phi) is 5.20. The molecule has 8 heteroatoms. The molecule has 0 spiro atoms. The van der Waals surface area contributed by atoms with Gasteiger partial charge in [0.15, 0.2) is 11.5 Å². The zero-order valence-electron chi connectivity index (χ0n) is 13.4. The lowest BCUT2D eigenvalue weighted by molar-refractivity contribution is -0.384. The number of carbonyl (C=O) groups excluding carboxylic acids is 1. The number of hydrogen-bond acceptors (Lipinski definition) is 6. The van der Waals surface area contributed by atoms with Gasteiger partial charge in [0.05, 0.1) is 31.9 Å². The van der Waals surface area contributed by atoms with Crippen LogP contribution in [0.5, 0.6) is 17.2 Å².